The van der Waals surface area contributed by atoms with Gasteiger partial charge in [0.2, 0.25) is 0 Å². The zero-order chi connectivity index (χ0) is 33.4. The first-order valence-corrected chi connectivity index (χ1v) is 16.8. The number of hydrogen-bond acceptors (Lipinski definition) is 4. The molecule has 4 heteroatoms. The van der Waals surface area contributed by atoms with Crippen molar-refractivity contribution in [1.82, 2.24) is 0 Å². The van der Waals surface area contributed by atoms with Gasteiger partial charge in [-0.15, -0.1) is 13.2 Å². The number of benzene rings is 4. The van der Waals surface area contributed by atoms with Crippen molar-refractivity contribution in [2.75, 3.05) is 0 Å². The standard InChI is InChI=1S/C22H26N2.C21H24N2/c1-3-5-7-19-9-13-21(14-10-19)17-23-24-18-22-15-11-20(12-16-22)8-6-4-2;1-3-5-7-19-10-14-21(15-11-19)17-23-22-16-20-12-8-18(6-4-2)9-13-20/h3,9-18H,1,4-8H2,2H3;3,8-17H,1,4-7H2,2H3. The van der Waals surface area contributed by atoms with Crippen LogP contribution in [-0.4, -0.2) is 24.9 Å². The Balaban J connectivity index is 0.000000256. The van der Waals surface area contributed by atoms with E-state index in [1.807, 2.05) is 12.2 Å². The third-order valence-corrected chi connectivity index (χ3v) is 7.51. The molecule has 4 nitrogen and oxygen atoms in total. The van der Waals surface area contributed by atoms with Crippen molar-refractivity contribution in [1.29, 1.82) is 0 Å². The summed E-state index contributed by atoms with van der Waals surface area (Å²) >= 11 is 0. The van der Waals surface area contributed by atoms with Gasteiger partial charge < -0.3 is 0 Å². The molecule has 242 valence electrons. The van der Waals surface area contributed by atoms with Crippen LogP contribution in [0.2, 0.25) is 0 Å². The highest BCUT2D eigenvalue weighted by molar-refractivity contribution is 5.83. The molecule has 0 aliphatic carbocycles. The summed E-state index contributed by atoms with van der Waals surface area (Å²) in [7, 11) is 0. The SMILES string of the molecule is C=CCCc1ccc(C=NN=Cc2ccc(CCC)cc2)cc1.C=CCCc1ccc(C=NN=Cc2ccc(CCCC)cc2)cc1. The molecule has 0 amide bonds. The van der Waals surface area contributed by atoms with Gasteiger partial charge in [0, 0.05) is 0 Å². The fourth-order valence-electron chi connectivity index (χ4n) is 4.69. The first-order valence-electron chi connectivity index (χ1n) is 16.8. The molecule has 0 spiro atoms. The second-order valence-electron chi connectivity index (χ2n) is 11.5. The van der Waals surface area contributed by atoms with Crippen LogP contribution in [0.15, 0.2) is 143 Å². The Labute approximate surface area is 283 Å². The van der Waals surface area contributed by atoms with Gasteiger partial charge >= 0.3 is 0 Å². The largest absolute Gasteiger partial charge is 0.159 e. The first-order chi connectivity index (χ1) is 23.1. The van der Waals surface area contributed by atoms with Crippen LogP contribution in [0, 0.1) is 0 Å². The molecule has 0 aliphatic heterocycles. The maximum atomic E-state index is 4.13. The number of aryl methyl sites for hydroxylation is 4. The fourth-order valence-corrected chi connectivity index (χ4v) is 4.69. The third-order valence-electron chi connectivity index (χ3n) is 7.51. The molecule has 0 radical (unpaired) electrons. The van der Waals surface area contributed by atoms with Gasteiger partial charge in [-0.05, 0) is 89.5 Å². The Kier molecular flexibility index (Phi) is 17.5. The maximum Gasteiger partial charge on any atom is 0.0568 e. The zero-order valence-electron chi connectivity index (χ0n) is 28.3. The fraction of sp³-hybridized carbons (Fsp3) is 0.256. The second-order valence-corrected chi connectivity index (χ2v) is 11.5. The van der Waals surface area contributed by atoms with Crippen molar-refractivity contribution in [2.24, 2.45) is 20.4 Å². The van der Waals surface area contributed by atoms with E-state index in [1.54, 1.807) is 24.9 Å². The number of nitrogens with zero attached hydrogens (tertiary/aromatic N) is 4. The van der Waals surface area contributed by atoms with E-state index in [4.69, 9.17) is 0 Å². The minimum absolute atomic E-state index is 1.01. The van der Waals surface area contributed by atoms with E-state index in [2.05, 4.69) is 144 Å². The van der Waals surface area contributed by atoms with Crippen molar-refractivity contribution >= 4 is 24.9 Å². The van der Waals surface area contributed by atoms with Gasteiger partial charge in [0.05, 0.1) is 24.9 Å². The van der Waals surface area contributed by atoms with Crippen LogP contribution >= 0.6 is 0 Å². The summed E-state index contributed by atoms with van der Waals surface area (Å²) in [6.07, 6.45) is 21.0. The normalized spacial score (nSPS) is 11.4. The molecular weight excluding hydrogens is 573 g/mol. The second kappa shape index (κ2) is 22.5. The lowest BCUT2D eigenvalue weighted by molar-refractivity contribution is 0.795. The van der Waals surface area contributed by atoms with Gasteiger partial charge in [0.15, 0.2) is 0 Å². The summed E-state index contributed by atoms with van der Waals surface area (Å²) in [4.78, 5) is 0. The smallest absolute Gasteiger partial charge is 0.0568 e. The number of hydrogen-bond donors (Lipinski definition) is 0. The predicted molar refractivity (Wildman–Crippen MR) is 206 cm³/mol. The minimum atomic E-state index is 1.01. The average Bonchev–Trinajstić information content (AvgIpc) is 3.12. The average molecular weight is 623 g/mol. The quantitative estimate of drug-likeness (QED) is 0.0639. The Morgan fingerprint density at radius 1 is 0.404 bits per heavy atom. The molecule has 0 bridgehead atoms. The summed E-state index contributed by atoms with van der Waals surface area (Å²) in [5, 5.41) is 16.5. The molecule has 0 N–H and O–H groups in total. The molecule has 0 fully saturated rings. The van der Waals surface area contributed by atoms with E-state index in [-0.39, 0.29) is 0 Å². The Morgan fingerprint density at radius 3 is 0.979 bits per heavy atom. The van der Waals surface area contributed by atoms with E-state index in [0.29, 0.717) is 0 Å². The van der Waals surface area contributed by atoms with Crippen molar-refractivity contribution in [3.63, 3.8) is 0 Å². The summed E-state index contributed by atoms with van der Waals surface area (Å²) in [6, 6.07) is 33.8. The van der Waals surface area contributed by atoms with Gasteiger partial charge in [-0.25, -0.2) is 0 Å². The minimum Gasteiger partial charge on any atom is -0.159 e. The van der Waals surface area contributed by atoms with Crippen LogP contribution in [0.25, 0.3) is 0 Å². The summed E-state index contributed by atoms with van der Waals surface area (Å²) in [5.74, 6) is 0. The van der Waals surface area contributed by atoms with E-state index >= 15 is 0 Å². The Bertz CT molecular complexity index is 1560. The molecule has 0 heterocycles. The van der Waals surface area contributed by atoms with Crippen LogP contribution < -0.4 is 0 Å². The summed E-state index contributed by atoms with van der Waals surface area (Å²) in [5.41, 5.74) is 9.65. The third kappa shape index (κ3) is 15.3. The van der Waals surface area contributed by atoms with E-state index in [9.17, 15) is 0 Å². The van der Waals surface area contributed by atoms with E-state index in [0.717, 1.165) is 60.8 Å². The molecular formula is C43H50N4. The van der Waals surface area contributed by atoms with Crippen LogP contribution in [-0.2, 0) is 25.7 Å². The van der Waals surface area contributed by atoms with Gasteiger partial charge in [-0.3, -0.25) is 0 Å². The van der Waals surface area contributed by atoms with Gasteiger partial charge in [0.25, 0.3) is 0 Å². The number of allylic oxidation sites excluding steroid dienone is 2. The molecule has 0 aromatic heterocycles. The Morgan fingerprint density at radius 2 is 0.702 bits per heavy atom. The molecule has 4 rings (SSSR count). The van der Waals surface area contributed by atoms with Gasteiger partial charge in [-0.2, -0.15) is 20.4 Å². The lowest BCUT2D eigenvalue weighted by Gasteiger charge is -1.99. The maximum absolute atomic E-state index is 4.13. The molecule has 0 saturated heterocycles. The van der Waals surface area contributed by atoms with Gasteiger partial charge in [-0.1, -0.05) is 136 Å². The topological polar surface area (TPSA) is 49.4 Å². The molecule has 0 aliphatic rings. The number of rotatable bonds is 17. The van der Waals surface area contributed by atoms with Crippen LogP contribution in [0.1, 0.15) is 90.5 Å². The number of unbranched alkanes of at least 4 members (excludes halogenated alkanes) is 1. The summed E-state index contributed by atoms with van der Waals surface area (Å²) in [6.45, 7) is 11.9. The molecule has 0 saturated carbocycles. The highest BCUT2D eigenvalue weighted by Crippen LogP contribution is 2.09. The van der Waals surface area contributed by atoms with Crippen molar-refractivity contribution in [3.05, 3.63) is 167 Å². The molecule has 0 unspecified atom stereocenters. The highest BCUT2D eigenvalue weighted by atomic mass is 15.2. The van der Waals surface area contributed by atoms with Crippen LogP contribution in [0.4, 0.5) is 0 Å². The van der Waals surface area contributed by atoms with Crippen molar-refractivity contribution in [2.45, 2.75) is 71.6 Å². The van der Waals surface area contributed by atoms with Crippen LogP contribution in [0.3, 0.4) is 0 Å². The van der Waals surface area contributed by atoms with Crippen molar-refractivity contribution in [3.8, 4) is 0 Å². The monoisotopic (exact) mass is 622 g/mol. The van der Waals surface area contributed by atoms with E-state index < -0.39 is 0 Å². The molecule has 0 atom stereocenters. The van der Waals surface area contributed by atoms with Gasteiger partial charge in [0.1, 0.15) is 0 Å². The highest BCUT2D eigenvalue weighted by Gasteiger charge is 1.95. The van der Waals surface area contributed by atoms with Crippen LogP contribution in [0.5, 0.6) is 0 Å². The molecule has 47 heavy (non-hydrogen) atoms. The summed E-state index contributed by atoms with van der Waals surface area (Å²) < 4.78 is 0. The predicted octanol–water partition coefficient (Wildman–Crippen LogP) is 10.8. The first kappa shape index (κ1) is 36.5. The molecule has 4 aromatic rings. The lowest BCUT2D eigenvalue weighted by atomic mass is 10.1. The van der Waals surface area contributed by atoms with E-state index in [1.165, 1.54) is 41.5 Å². The Hall–Kier alpha value is -4.96. The zero-order valence-corrected chi connectivity index (χ0v) is 28.3. The van der Waals surface area contributed by atoms with Crippen molar-refractivity contribution < 1.29 is 0 Å². The molecule has 4 aromatic carbocycles. The lowest BCUT2D eigenvalue weighted by Crippen LogP contribution is -1.87.